The van der Waals surface area contributed by atoms with Gasteiger partial charge in [-0.15, -0.1) is 0 Å². The van der Waals surface area contributed by atoms with Gasteiger partial charge in [-0.05, 0) is 17.7 Å². The number of rotatable bonds is 2. The van der Waals surface area contributed by atoms with Crippen molar-refractivity contribution >= 4 is 0 Å². The fraction of sp³-hybridized carbons (Fsp3) is 0.300. The average molecular weight is 230 g/mol. The molecule has 1 rings (SSSR count). The third kappa shape index (κ3) is 2.25. The molecule has 0 aliphatic carbocycles. The summed E-state index contributed by atoms with van der Waals surface area (Å²) in [5, 5.41) is 8.72. The molecule has 3 nitrogen and oxygen atoms in total. The number of nitrogens with two attached hydrogens (primary N) is 1. The lowest BCUT2D eigenvalue weighted by Crippen LogP contribution is -2.10. The first-order chi connectivity index (χ1) is 7.43. The molecule has 0 aliphatic rings. The van der Waals surface area contributed by atoms with Crippen molar-refractivity contribution in [3.05, 3.63) is 28.8 Å². The van der Waals surface area contributed by atoms with Gasteiger partial charge in [0.25, 0.3) is 0 Å². The van der Waals surface area contributed by atoms with E-state index in [4.69, 9.17) is 11.0 Å². The number of ether oxygens (including phenoxy) is 1. The zero-order valence-corrected chi connectivity index (χ0v) is 8.43. The normalized spacial score (nSPS) is 11.0. The van der Waals surface area contributed by atoms with Gasteiger partial charge in [0.1, 0.15) is 5.75 Å². The van der Waals surface area contributed by atoms with Crippen LogP contribution in [-0.2, 0) is 12.7 Å². The minimum Gasteiger partial charge on any atom is -0.496 e. The lowest BCUT2D eigenvalue weighted by Gasteiger charge is -2.14. The van der Waals surface area contributed by atoms with Gasteiger partial charge < -0.3 is 10.5 Å². The monoisotopic (exact) mass is 230 g/mol. The van der Waals surface area contributed by atoms with Gasteiger partial charge in [-0.25, -0.2) is 0 Å². The number of alkyl halides is 3. The van der Waals surface area contributed by atoms with Crippen LogP contribution < -0.4 is 10.5 Å². The Hall–Kier alpha value is -1.74. The van der Waals surface area contributed by atoms with Crippen LogP contribution in [0.15, 0.2) is 12.1 Å². The number of hydrogen-bond acceptors (Lipinski definition) is 3. The number of nitriles is 1. The highest BCUT2D eigenvalue weighted by atomic mass is 19.4. The predicted octanol–water partition coefficient (Wildman–Crippen LogP) is 2.04. The number of nitrogens with zero attached hydrogens (tertiary/aromatic N) is 1. The van der Waals surface area contributed by atoms with Crippen molar-refractivity contribution in [3.63, 3.8) is 0 Å². The van der Waals surface area contributed by atoms with Crippen LogP contribution in [0.25, 0.3) is 0 Å². The Balaban J connectivity index is 3.45. The number of hydrogen-bond donors (Lipinski definition) is 1. The molecule has 0 aromatic heterocycles. The highest BCUT2D eigenvalue weighted by Crippen LogP contribution is 2.37. The van der Waals surface area contributed by atoms with Crippen LogP contribution in [0.1, 0.15) is 16.7 Å². The molecule has 0 heterocycles. The van der Waals surface area contributed by atoms with Gasteiger partial charge in [0.05, 0.1) is 24.3 Å². The molecule has 0 unspecified atom stereocenters. The number of halogens is 3. The highest BCUT2D eigenvalue weighted by molar-refractivity contribution is 5.49. The molecule has 0 saturated carbocycles. The Morgan fingerprint density at radius 2 is 2.06 bits per heavy atom. The van der Waals surface area contributed by atoms with E-state index in [0.29, 0.717) is 0 Å². The molecule has 0 radical (unpaired) electrons. The molecule has 0 bridgehead atoms. The summed E-state index contributed by atoms with van der Waals surface area (Å²) in [6, 6.07) is 3.66. The van der Waals surface area contributed by atoms with E-state index in [9.17, 15) is 13.2 Å². The topological polar surface area (TPSA) is 59.0 Å². The van der Waals surface area contributed by atoms with Gasteiger partial charge in [0, 0.05) is 6.54 Å². The van der Waals surface area contributed by atoms with Gasteiger partial charge >= 0.3 is 6.18 Å². The minimum atomic E-state index is -4.52. The Bertz CT molecular complexity index is 435. The maximum absolute atomic E-state index is 12.6. The standard InChI is InChI=1S/C10H9F3N2O/c1-16-9-3-7(5-15)6(4-14)2-8(9)10(11,12)13/h2-3H,4,14H2,1H3. The Kier molecular flexibility index (Phi) is 3.40. The largest absolute Gasteiger partial charge is 0.496 e. The third-order valence-electron chi connectivity index (χ3n) is 2.07. The molecule has 0 aliphatic heterocycles. The first-order valence-corrected chi connectivity index (χ1v) is 4.32. The van der Waals surface area contributed by atoms with Crippen LogP contribution in [0.2, 0.25) is 0 Å². The van der Waals surface area contributed by atoms with Crippen LogP contribution in [0, 0.1) is 11.3 Å². The van der Waals surface area contributed by atoms with E-state index in [1.165, 1.54) is 0 Å². The molecule has 0 saturated heterocycles. The molecule has 86 valence electrons. The molecule has 0 amide bonds. The van der Waals surface area contributed by atoms with Crippen LogP contribution in [-0.4, -0.2) is 7.11 Å². The molecule has 6 heteroatoms. The first-order valence-electron chi connectivity index (χ1n) is 4.32. The first kappa shape index (κ1) is 12.3. The van der Waals surface area contributed by atoms with E-state index in [1.807, 2.05) is 0 Å². The molecule has 16 heavy (non-hydrogen) atoms. The molecule has 0 spiro atoms. The molecule has 2 N–H and O–H groups in total. The smallest absolute Gasteiger partial charge is 0.419 e. The van der Waals surface area contributed by atoms with Crippen molar-refractivity contribution in [1.29, 1.82) is 5.26 Å². The van der Waals surface area contributed by atoms with Crippen LogP contribution in [0.5, 0.6) is 5.75 Å². The van der Waals surface area contributed by atoms with Gasteiger partial charge in [0.2, 0.25) is 0 Å². The average Bonchev–Trinajstić information content (AvgIpc) is 2.25. The summed E-state index contributed by atoms with van der Waals surface area (Å²) in [6.45, 7) is -0.129. The maximum atomic E-state index is 12.6. The summed E-state index contributed by atoms with van der Waals surface area (Å²) in [6.07, 6.45) is -4.52. The van der Waals surface area contributed by atoms with Crippen molar-refractivity contribution in [2.75, 3.05) is 7.11 Å². The number of benzene rings is 1. The fourth-order valence-corrected chi connectivity index (χ4v) is 1.29. The molecule has 0 fully saturated rings. The van der Waals surface area contributed by atoms with Gasteiger partial charge in [-0.2, -0.15) is 18.4 Å². The molecule has 1 aromatic rings. The van der Waals surface area contributed by atoms with Crippen molar-refractivity contribution in [2.45, 2.75) is 12.7 Å². The van der Waals surface area contributed by atoms with Gasteiger partial charge in [0.15, 0.2) is 0 Å². The summed E-state index contributed by atoms with van der Waals surface area (Å²) in [7, 11) is 1.12. The molecular weight excluding hydrogens is 221 g/mol. The Labute approximate surface area is 90.2 Å². The van der Waals surface area contributed by atoms with E-state index < -0.39 is 11.7 Å². The predicted molar refractivity (Wildman–Crippen MR) is 50.6 cm³/mol. The van der Waals surface area contributed by atoms with Crippen molar-refractivity contribution in [2.24, 2.45) is 5.73 Å². The van der Waals surface area contributed by atoms with Gasteiger partial charge in [-0.1, -0.05) is 0 Å². The second kappa shape index (κ2) is 4.41. The van der Waals surface area contributed by atoms with E-state index in [2.05, 4.69) is 4.74 Å². The summed E-state index contributed by atoms with van der Waals surface area (Å²) >= 11 is 0. The SMILES string of the molecule is COc1cc(C#N)c(CN)cc1C(F)(F)F. The minimum absolute atomic E-state index is 0.0901. The summed E-state index contributed by atoms with van der Waals surface area (Å²) in [5.41, 5.74) is 4.59. The van der Waals surface area contributed by atoms with Crippen LogP contribution in [0.4, 0.5) is 13.2 Å². The van der Waals surface area contributed by atoms with Crippen molar-refractivity contribution in [1.82, 2.24) is 0 Å². The summed E-state index contributed by atoms with van der Waals surface area (Å²) in [4.78, 5) is 0. The molecule has 0 atom stereocenters. The number of methoxy groups -OCH3 is 1. The van der Waals surface area contributed by atoms with E-state index in [-0.39, 0.29) is 23.4 Å². The quantitative estimate of drug-likeness (QED) is 0.845. The second-order valence-corrected chi connectivity index (χ2v) is 3.02. The zero-order chi connectivity index (χ0) is 12.3. The van der Waals surface area contributed by atoms with E-state index >= 15 is 0 Å². The van der Waals surface area contributed by atoms with Crippen molar-refractivity contribution < 1.29 is 17.9 Å². The zero-order valence-electron chi connectivity index (χ0n) is 8.43. The Morgan fingerprint density at radius 1 is 1.44 bits per heavy atom. The fourth-order valence-electron chi connectivity index (χ4n) is 1.29. The lowest BCUT2D eigenvalue weighted by molar-refractivity contribution is -0.138. The van der Waals surface area contributed by atoms with E-state index in [0.717, 1.165) is 19.2 Å². The summed E-state index contributed by atoms with van der Waals surface area (Å²) in [5.74, 6) is -0.374. The third-order valence-corrected chi connectivity index (χ3v) is 2.07. The van der Waals surface area contributed by atoms with Gasteiger partial charge in [-0.3, -0.25) is 0 Å². The lowest BCUT2D eigenvalue weighted by atomic mass is 10.0. The molecular formula is C10H9F3N2O. The van der Waals surface area contributed by atoms with Crippen LogP contribution >= 0.6 is 0 Å². The highest BCUT2D eigenvalue weighted by Gasteiger charge is 2.35. The van der Waals surface area contributed by atoms with Crippen molar-refractivity contribution in [3.8, 4) is 11.8 Å². The Morgan fingerprint density at radius 3 is 2.44 bits per heavy atom. The second-order valence-electron chi connectivity index (χ2n) is 3.02. The maximum Gasteiger partial charge on any atom is 0.419 e. The van der Waals surface area contributed by atoms with E-state index in [1.54, 1.807) is 6.07 Å². The van der Waals surface area contributed by atoms with Crippen LogP contribution in [0.3, 0.4) is 0 Å². The molecule has 1 aromatic carbocycles. The summed E-state index contributed by atoms with van der Waals surface area (Å²) < 4.78 is 42.4.